The molecule has 1 unspecified atom stereocenters. The lowest BCUT2D eigenvalue weighted by molar-refractivity contribution is -0.0999. The van der Waals surface area contributed by atoms with E-state index in [9.17, 15) is 5.11 Å². The normalized spacial score (nSPS) is 19.8. The van der Waals surface area contributed by atoms with Gasteiger partial charge in [0.2, 0.25) is 0 Å². The molecule has 94 valence electrons. The monoisotopic (exact) mass is 234 g/mol. The Morgan fingerprint density at radius 1 is 1.29 bits per heavy atom. The van der Waals surface area contributed by atoms with E-state index < -0.39 is 6.10 Å². The molecule has 1 saturated carbocycles. The van der Waals surface area contributed by atoms with Crippen molar-refractivity contribution in [3.8, 4) is 0 Å². The number of aliphatic hydroxyl groups excluding tert-OH is 1. The summed E-state index contributed by atoms with van der Waals surface area (Å²) in [6.07, 6.45) is 3.67. The lowest BCUT2D eigenvalue weighted by Gasteiger charge is -2.42. The summed E-state index contributed by atoms with van der Waals surface area (Å²) >= 11 is 0. The van der Waals surface area contributed by atoms with Crippen LogP contribution in [0.3, 0.4) is 0 Å². The summed E-state index contributed by atoms with van der Waals surface area (Å²) in [5, 5.41) is 10.3. The fourth-order valence-electron chi connectivity index (χ4n) is 2.50. The quantitative estimate of drug-likeness (QED) is 0.866. The molecule has 0 aliphatic heterocycles. The number of hydrogen-bond acceptors (Lipinski definition) is 2. The van der Waals surface area contributed by atoms with Gasteiger partial charge < -0.3 is 9.84 Å². The summed E-state index contributed by atoms with van der Waals surface area (Å²) in [7, 11) is 1.76. The van der Waals surface area contributed by atoms with Crippen LogP contribution in [0.4, 0.5) is 0 Å². The second-order valence-corrected chi connectivity index (χ2v) is 5.30. The molecule has 0 amide bonds. The number of rotatable bonds is 4. The van der Waals surface area contributed by atoms with Crippen LogP contribution >= 0.6 is 0 Å². The number of aryl methyl sites for hydroxylation is 2. The van der Waals surface area contributed by atoms with Gasteiger partial charge in [0.15, 0.2) is 0 Å². The van der Waals surface area contributed by atoms with Crippen LogP contribution in [-0.4, -0.2) is 17.8 Å². The molecule has 0 heterocycles. The predicted molar refractivity (Wildman–Crippen MR) is 69.1 cm³/mol. The SMILES string of the molecule is COC1(CC(O)c2ccc(C)c(C)c2)CCC1. The zero-order valence-corrected chi connectivity index (χ0v) is 11.0. The van der Waals surface area contributed by atoms with Crippen molar-refractivity contribution in [3.05, 3.63) is 34.9 Å². The van der Waals surface area contributed by atoms with E-state index >= 15 is 0 Å². The van der Waals surface area contributed by atoms with Crippen LogP contribution in [0, 0.1) is 13.8 Å². The molecule has 0 radical (unpaired) electrons. The molecule has 1 aromatic rings. The molecule has 1 aliphatic rings. The zero-order valence-electron chi connectivity index (χ0n) is 11.0. The smallest absolute Gasteiger partial charge is 0.0817 e. The summed E-state index contributed by atoms with van der Waals surface area (Å²) in [5.74, 6) is 0. The Hall–Kier alpha value is -0.860. The van der Waals surface area contributed by atoms with Crippen LogP contribution in [0.2, 0.25) is 0 Å². The van der Waals surface area contributed by atoms with Crippen LogP contribution in [0.1, 0.15) is 48.5 Å². The first kappa shape index (κ1) is 12.6. The lowest BCUT2D eigenvalue weighted by Crippen LogP contribution is -2.40. The highest BCUT2D eigenvalue weighted by atomic mass is 16.5. The molecular formula is C15H22O2. The standard InChI is InChI=1S/C15H22O2/c1-11-5-6-13(9-12(11)2)14(16)10-15(17-3)7-4-8-15/h5-6,9,14,16H,4,7-8,10H2,1-3H3. The van der Waals surface area contributed by atoms with Gasteiger partial charge in [-0.2, -0.15) is 0 Å². The third kappa shape index (κ3) is 2.53. The highest BCUT2D eigenvalue weighted by molar-refractivity contribution is 5.31. The largest absolute Gasteiger partial charge is 0.388 e. The highest BCUT2D eigenvalue weighted by Gasteiger charge is 2.38. The molecule has 17 heavy (non-hydrogen) atoms. The number of methoxy groups -OCH3 is 1. The summed E-state index contributed by atoms with van der Waals surface area (Å²) in [6.45, 7) is 4.18. The predicted octanol–water partition coefficient (Wildman–Crippen LogP) is 3.30. The Bertz CT molecular complexity index is 388. The maximum Gasteiger partial charge on any atom is 0.0817 e. The van der Waals surface area contributed by atoms with Gasteiger partial charge in [0.25, 0.3) is 0 Å². The van der Waals surface area contributed by atoms with Gasteiger partial charge in [0, 0.05) is 13.5 Å². The Kier molecular flexibility index (Phi) is 3.55. The summed E-state index contributed by atoms with van der Waals surface area (Å²) in [6, 6.07) is 6.19. The van der Waals surface area contributed by atoms with Crippen LogP contribution in [-0.2, 0) is 4.74 Å². The lowest BCUT2D eigenvalue weighted by atomic mass is 9.75. The molecule has 2 nitrogen and oxygen atoms in total. The number of ether oxygens (including phenoxy) is 1. The molecule has 0 spiro atoms. The first-order valence-corrected chi connectivity index (χ1v) is 6.37. The van der Waals surface area contributed by atoms with E-state index in [1.807, 2.05) is 6.07 Å². The van der Waals surface area contributed by atoms with Crippen molar-refractivity contribution in [3.63, 3.8) is 0 Å². The molecule has 1 fully saturated rings. The zero-order chi connectivity index (χ0) is 12.5. The highest BCUT2D eigenvalue weighted by Crippen LogP contribution is 2.41. The van der Waals surface area contributed by atoms with E-state index in [4.69, 9.17) is 4.74 Å². The van der Waals surface area contributed by atoms with Gasteiger partial charge in [0.05, 0.1) is 11.7 Å². The Morgan fingerprint density at radius 3 is 2.47 bits per heavy atom. The second-order valence-electron chi connectivity index (χ2n) is 5.30. The maximum absolute atomic E-state index is 10.3. The third-order valence-electron chi connectivity index (χ3n) is 4.18. The topological polar surface area (TPSA) is 29.5 Å². The van der Waals surface area contributed by atoms with Crippen molar-refractivity contribution in [1.82, 2.24) is 0 Å². The van der Waals surface area contributed by atoms with Gasteiger partial charge in [-0.3, -0.25) is 0 Å². The van der Waals surface area contributed by atoms with Gasteiger partial charge in [-0.1, -0.05) is 18.2 Å². The molecule has 2 rings (SSSR count). The fraction of sp³-hybridized carbons (Fsp3) is 0.600. The van der Waals surface area contributed by atoms with Crippen LogP contribution < -0.4 is 0 Å². The Balaban J connectivity index is 2.08. The van der Waals surface area contributed by atoms with Gasteiger partial charge >= 0.3 is 0 Å². The van der Waals surface area contributed by atoms with Gasteiger partial charge in [-0.25, -0.2) is 0 Å². The fourth-order valence-corrected chi connectivity index (χ4v) is 2.50. The van der Waals surface area contributed by atoms with Gasteiger partial charge in [0.1, 0.15) is 0 Å². The van der Waals surface area contributed by atoms with E-state index in [0.29, 0.717) is 6.42 Å². The van der Waals surface area contributed by atoms with Crippen molar-refractivity contribution >= 4 is 0 Å². The minimum absolute atomic E-state index is 0.0712. The summed E-state index contributed by atoms with van der Waals surface area (Å²) in [5.41, 5.74) is 3.45. The van der Waals surface area contributed by atoms with Crippen molar-refractivity contribution in [1.29, 1.82) is 0 Å². The molecule has 1 N–H and O–H groups in total. The first-order chi connectivity index (χ1) is 8.06. The Labute approximate surface area is 104 Å². The third-order valence-corrected chi connectivity index (χ3v) is 4.18. The van der Waals surface area contributed by atoms with Crippen LogP contribution in [0.5, 0.6) is 0 Å². The summed E-state index contributed by atoms with van der Waals surface area (Å²) < 4.78 is 5.56. The van der Waals surface area contributed by atoms with Crippen molar-refractivity contribution < 1.29 is 9.84 Å². The van der Waals surface area contributed by atoms with Crippen molar-refractivity contribution in [2.24, 2.45) is 0 Å². The van der Waals surface area contributed by atoms with E-state index in [1.165, 1.54) is 17.5 Å². The molecule has 0 bridgehead atoms. The van der Waals surface area contributed by atoms with E-state index in [0.717, 1.165) is 18.4 Å². The van der Waals surface area contributed by atoms with E-state index in [1.54, 1.807) is 7.11 Å². The Morgan fingerprint density at radius 2 is 2.00 bits per heavy atom. The van der Waals surface area contributed by atoms with Crippen molar-refractivity contribution in [2.45, 2.75) is 51.2 Å². The van der Waals surface area contributed by atoms with Crippen molar-refractivity contribution in [2.75, 3.05) is 7.11 Å². The van der Waals surface area contributed by atoms with Crippen LogP contribution in [0.25, 0.3) is 0 Å². The minimum Gasteiger partial charge on any atom is -0.388 e. The number of aliphatic hydroxyl groups is 1. The van der Waals surface area contributed by atoms with E-state index in [-0.39, 0.29) is 5.60 Å². The van der Waals surface area contributed by atoms with Gasteiger partial charge in [-0.05, 0) is 49.8 Å². The molecular weight excluding hydrogens is 212 g/mol. The molecule has 1 aromatic carbocycles. The maximum atomic E-state index is 10.3. The molecule has 2 heteroatoms. The second kappa shape index (κ2) is 4.79. The van der Waals surface area contributed by atoms with E-state index in [2.05, 4.69) is 26.0 Å². The molecule has 1 atom stereocenters. The molecule has 1 aliphatic carbocycles. The van der Waals surface area contributed by atoms with Gasteiger partial charge in [-0.15, -0.1) is 0 Å². The average Bonchev–Trinajstić information content (AvgIpc) is 2.27. The number of benzene rings is 1. The van der Waals surface area contributed by atoms with Crippen LogP contribution in [0.15, 0.2) is 18.2 Å². The molecule has 0 aromatic heterocycles. The minimum atomic E-state index is -0.408. The number of hydrogen-bond donors (Lipinski definition) is 1. The molecule has 0 saturated heterocycles. The average molecular weight is 234 g/mol. The first-order valence-electron chi connectivity index (χ1n) is 6.37. The summed E-state index contributed by atoms with van der Waals surface area (Å²) in [4.78, 5) is 0.